The van der Waals surface area contributed by atoms with Gasteiger partial charge in [0.05, 0.1) is 0 Å². The van der Waals surface area contributed by atoms with Crippen molar-refractivity contribution in [1.82, 2.24) is 0 Å². The molecule has 2 aromatic carbocycles. The van der Waals surface area contributed by atoms with Crippen molar-refractivity contribution in [3.05, 3.63) is 59.7 Å². The minimum absolute atomic E-state index is 0.0576. The number of benzene rings is 2. The van der Waals surface area contributed by atoms with Crippen LogP contribution in [0.25, 0.3) is 0 Å². The van der Waals surface area contributed by atoms with Gasteiger partial charge in [0.15, 0.2) is 0 Å². The molecule has 2 aromatic rings. The summed E-state index contributed by atoms with van der Waals surface area (Å²) >= 11 is 0. The van der Waals surface area contributed by atoms with Crippen molar-refractivity contribution in [2.24, 2.45) is 0 Å². The third kappa shape index (κ3) is 3.92. The molecule has 0 radical (unpaired) electrons. The molecule has 0 atom stereocenters. The molecule has 0 aliphatic carbocycles. The molecule has 3 heteroatoms. The standard InChI is InChI=1S/C20H28O2Si/c1-19(2,3)15-7-11-17(12-8-15)23(21,22)18-13-9-16(10-14-18)20(4,5)6/h7-14,21-22H,1-6H3. The minimum Gasteiger partial charge on any atom is -0.404 e. The summed E-state index contributed by atoms with van der Waals surface area (Å²) in [6.45, 7) is 12.9. The summed E-state index contributed by atoms with van der Waals surface area (Å²) in [6, 6.07) is 15.4. The first-order valence-electron chi connectivity index (χ1n) is 8.09. The Bertz CT molecular complexity index is 597. The van der Waals surface area contributed by atoms with Crippen LogP contribution in [0.15, 0.2) is 48.5 Å². The second kappa shape index (κ2) is 5.89. The first-order valence-corrected chi connectivity index (χ1v) is 9.98. The summed E-state index contributed by atoms with van der Waals surface area (Å²) in [4.78, 5) is 21.5. The van der Waals surface area contributed by atoms with Crippen LogP contribution >= 0.6 is 0 Å². The average molecular weight is 329 g/mol. The van der Waals surface area contributed by atoms with Gasteiger partial charge in [0, 0.05) is 0 Å². The molecule has 0 fully saturated rings. The van der Waals surface area contributed by atoms with Crippen LogP contribution in [0.4, 0.5) is 0 Å². The van der Waals surface area contributed by atoms with Crippen molar-refractivity contribution < 1.29 is 9.59 Å². The first-order chi connectivity index (χ1) is 10.4. The molecule has 2 N–H and O–H groups in total. The second-order valence-corrected chi connectivity index (χ2v) is 10.8. The maximum absolute atomic E-state index is 10.7. The second-order valence-electron chi connectivity index (χ2n) is 8.33. The smallest absolute Gasteiger partial charge is 0.401 e. The lowest BCUT2D eigenvalue weighted by Gasteiger charge is -2.24. The van der Waals surface area contributed by atoms with E-state index in [-0.39, 0.29) is 10.8 Å². The van der Waals surface area contributed by atoms with E-state index >= 15 is 0 Å². The van der Waals surface area contributed by atoms with Gasteiger partial charge in [-0.3, -0.25) is 0 Å². The SMILES string of the molecule is CC(C)(C)c1ccc([Si](O)(O)c2ccc(C(C)(C)C)cc2)cc1. The highest BCUT2D eigenvalue weighted by Crippen LogP contribution is 2.22. The Balaban J connectivity index is 2.34. The van der Waals surface area contributed by atoms with Gasteiger partial charge < -0.3 is 9.59 Å². The van der Waals surface area contributed by atoms with Gasteiger partial charge in [-0.05, 0) is 32.3 Å². The zero-order valence-electron chi connectivity index (χ0n) is 15.0. The van der Waals surface area contributed by atoms with Crippen LogP contribution in [0, 0.1) is 0 Å². The lowest BCUT2D eigenvalue weighted by molar-refractivity contribution is 0.401. The van der Waals surface area contributed by atoms with Gasteiger partial charge in [-0.1, -0.05) is 90.1 Å². The fourth-order valence-corrected chi connectivity index (χ4v) is 4.17. The summed E-state index contributed by atoms with van der Waals surface area (Å²) < 4.78 is 0. The van der Waals surface area contributed by atoms with Gasteiger partial charge in [0.1, 0.15) is 0 Å². The van der Waals surface area contributed by atoms with E-state index in [2.05, 4.69) is 41.5 Å². The van der Waals surface area contributed by atoms with E-state index in [1.54, 1.807) is 0 Å². The summed E-state index contributed by atoms with van der Waals surface area (Å²) in [5, 5.41) is 1.24. The Hall–Kier alpha value is -1.42. The van der Waals surface area contributed by atoms with E-state index in [0.29, 0.717) is 10.4 Å². The van der Waals surface area contributed by atoms with Crippen molar-refractivity contribution in [2.75, 3.05) is 0 Å². The molecule has 0 saturated heterocycles. The molecule has 0 amide bonds. The molecule has 0 aliphatic rings. The van der Waals surface area contributed by atoms with Gasteiger partial charge in [-0.2, -0.15) is 0 Å². The molecule has 23 heavy (non-hydrogen) atoms. The molecular formula is C20H28O2Si. The van der Waals surface area contributed by atoms with E-state index in [1.807, 2.05) is 48.5 Å². The monoisotopic (exact) mass is 328 g/mol. The Morgan fingerprint density at radius 1 is 0.565 bits per heavy atom. The maximum atomic E-state index is 10.7. The van der Waals surface area contributed by atoms with Gasteiger partial charge in [0.25, 0.3) is 0 Å². The van der Waals surface area contributed by atoms with Crippen LogP contribution in [0.2, 0.25) is 0 Å². The highest BCUT2D eigenvalue weighted by molar-refractivity contribution is 6.90. The molecule has 0 aliphatic heterocycles. The van der Waals surface area contributed by atoms with Gasteiger partial charge in [0.2, 0.25) is 0 Å². The Labute approximate surface area is 141 Å². The molecule has 0 bridgehead atoms. The lowest BCUT2D eigenvalue weighted by atomic mass is 9.87. The van der Waals surface area contributed by atoms with Gasteiger partial charge in [-0.25, -0.2) is 0 Å². The molecule has 0 spiro atoms. The largest absolute Gasteiger partial charge is 0.404 e. The first kappa shape index (κ1) is 17.9. The van der Waals surface area contributed by atoms with Gasteiger partial charge >= 0.3 is 8.56 Å². The van der Waals surface area contributed by atoms with Crippen molar-refractivity contribution >= 4 is 18.9 Å². The van der Waals surface area contributed by atoms with Crippen LogP contribution in [0.5, 0.6) is 0 Å². The van der Waals surface area contributed by atoms with E-state index in [0.717, 1.165) is 0 Å². The summed E-state index contributed by atoms with van der Waals surface area (Å²) in [7, 11) is -3.62. The van der Waals surface area contributed by atoms with E-state index < -0.39 is 8.56 Å². The molecule has 124 valence electrons. The van der Waals surface area contributed by atoms with Crippen molar-refractivity contribution in [3.8, 4) is 0 Å². The zero-order valence-corrected chi connectivity index (χ0v) is 16.0. The molecule has 0 saturated carbocycles. The molecule has 0 heterocycles. The third-order valence-electron chi connectivity index (χ3n) is 4.31. The quantitative estimate of drug-likeness (QED) is 0.832. The van der Waals surface area contributed by atoms with E-state index in [9.17, 15) is 9.59 Å². The fraction of sp³-hybridized carbons (Fsp3) is 0.400. The lowest BCUT2D eigenvalue weighted by Crippen LogP contribution is -2.59. The summed E-state index contributed by atoms with van der Waals surface area (Å²) in [5.41, 5.74) is 2.49. The topological polar surface area (TPSA) is 40.5 Å². The molecule has 0 unspecified atom stereocenters. The predicted octanol–water partition coefficient (Wildman–Crippen LogP) is 2.82. The van der Waals surface area contributed by atoms with Crippen molar-refractivity contribution in [3.63, 3.8) is 0 Å². The highest BCUT2D eigenvalue weighted by atomic mass is 28.4. The van der Waals surface area contributed by atoms with Crippen LogP contribution in [0.1, 0.15) is 52.7 Å². The van der Waals surface area contributed by atoms with Crippen LogP contribution in [-0.4, -0.2) is 18.2 Å². The number of hydrogen-bond acceptors (Lipinski definition) is 2. The molecule has 2 nitrogen and oxygen atoms in total. The Kier molecular flexibility index (Phi) is 4.59. The molecule has 2 rings (SSSR count). The Morgan fingerprint density at radius 3 is 1.04 bits per heavy atom. The van der Waals surface area contributed by atoms with Crippen LogP contribution < -0.4 is 10.4 Å². The molecular weight excluding hydrogens is 300 g/mol. The van der Waals surface area contributed by atoms with Crippen molar-refractivity contribution in [1.29, 1.82) is 0 Å². The van der Waals surface area contributed by atoms with E-state index in [4.69, 9.17) is 0 Å². The van der Waals surface area contributed by atoms with Crippen molar-refractivity contribution in [2.45, 2.75) is 52.4 Å². The van der Waals surface area contributed by atoms with E-state index in [1.165, 1.54) is 11.1 Å². The fourth-order valence-electron chi connectivity index (χ4n) is 2.57. The zero-order chi connectivity index (χ0) is 17.5. The Morgan fingerprint density at radius 2 is 0.826 bits per heavy atom. The molecule has 0 aromatic heterocycles. The number of rotatable bonds is 2. The average Bonchev–Trinajstić information content (AvgIpc) is 2.46. The summed E-state index contributed by atoms with van der Waals surface area (Å²) in [6.07, 6.45) is 0. The maximum Gasteiger partial charge on any atom is 0.401 e. The number of hydrogen-bond donors (Lipinski definition) is 2. The normalized spacial score (nSPS) is 13.2. The van der Waals surface area contributed by atoms with Gasteiger partial charge in [-0.15, -0.1) is 0 Å². The minimum atomic E-state index is -3.62. The van der Waals surface area contributed by atoms with Crippen LogP contribution in [0.3, 0.4) is 0 Å². The highest BCUT2D eigenvalue weighted by Gasteiger charge is 2.35. The third-order valence-corrected chi connectivity index (χ3v) is 6.58. The van der Waals surface area contributed by atoms with Crippen LogP contribution in [-0.2, 0) is 10.8 Å². The summed E-state index contributed by atoms with van der Waals surface area (Å²) in [5.74, 6) is 0. The predicted molar refractivity (Wildman–Crippen MR) is 99.7 cm³/mol.